The zero-order valence-corrected chi connectivity index (χ0v) is 13.9. The summed E-state index contributed by atoms with van der Waals surface area (Å²) >= 11 is 0. The van der Waals surface area contributed by atoms with E-state index in [9.17, 15) is 4.79 Å². The van der Waals surface area contributed by atoms with Crippen molar-refractivity contribution < 1.29 is 4.79 Å². The van der Waals surface area contributed by atoms with E-state index in [4.69, 9.17) is 0 Å². The van der Waals surface area contributed by atoms with E-state index in [1.807, 2.05) is 25.8 Å². The van der Waals surface area contributed by atoms with Crippen molar-refractivity contribution in [1.29, 1.82) is 0 Å². The third kappa shape index (κ3) is 3.46. The van der Waals surface area contributed by atoms with Crippen LogP contribution in [0, 0.1) is 13.8 Å². The average molecular weight is 292 g/mol. The first-order valence-electron chi connectivity index (χ1n) is 7.96. The molecule has 1 fully saturated rings. The molecule has 21 heavy (non-hydrogen) atoms. The van der Waals surface area contributed by atoms with Crippen LogP contribution in [0.5, 0.6) is 0 Å². The highest BCUT2D eigenvalue weighted by Crippen LogP contribution is 2.18. The highest BCUT2D eigenvalue weighted by molar-refractivity contribution is 5.96. The van der Waals surface area contributed by atoms with Gasteiger partial charge < -0.3 is 10.2 Å². The summed E-state index contributed by atoms with van der Waals surface area (Å²) in [5.41, 5.74) is 2.53. The lowest BCUT2D eigenvalue weighted by Crippen LogP contribution is -2.48. The van der Waals surface area contributed by atoms with Crippen LogP contribution in [0.2, 0.25) is 0 Å². The average Bonchev–Trinajstić information content (AvgIpc) is 2.70. The molecule has 1 unspecified atom stereocenters. The number of nitrogens with one attached hydrogen (secondary N) is 1. The van der Waals surface area contributed by atoms with Gasteiger partial charge in [0.1, 0.15) is 0 Å². The predicted molar refractivity (Wildman–Crippen MR) is 84.5 cm³/mol. The molecule has 5 heteroatoms. The summed E-state index contributed by atoms with van der Waals surface area (Å²) in [5.74, 6) is 0.112. The number of nitrogens with zero attached hydrogens (tertiary/aromatic N) is 3. The third-order valence-electron chi connectivity index (χ3n) is 4.44. The maximum atomic E-state index is 13.0. The van der Waals surface area contributed by atoms with Gasteiger partial charge in [0.05, 0.1) is 11.3 Å². The molecule has 0 aliphatic carbocycles. The van der Waals surface area contributed by atoms with Gasteiger partial charge in [-0.3, -0.25) is 9.48 Å². The van der Waals surface area contributed by atoms with E-state index in [2.05, 4.69) is 24.3 Å². The molecule has 2 heterocycles. The Kier molecular flexibility index (Phi) is 5.04. The van der Waals surface area contributed by atoms with Crippen molar-refractivity contribution >= 4 is 5.91 Å². The minimum Gasteiger partial charge on any atom is -0.335 e. The number of carbonyl (C=O) groups is 1. The smallest absolute Gasteiger partial charge is 0.257 e. The van der Waals surface area contributed by atoms with Gasteiger partial charge in [-0.2, -0.15) is 5.10 Å². The van der Waals surface area contributed by atoms with Crippen LogP contribution >= 0.6 is 0 Å². The van der Waals surface area contributed by atoms with E-state index in [1.165, 1.54) is 12.8 Å². The molecule has 1 N–H and O–H groups in total. The fraction of sp³-hybridized carbons (Fsp3) is 0.750. The van der Waals surface area contributed by atoms with Gasteiger partial charge >= 0.3 is 0 Å². The Bertz CT molecular complexity index is 501. The van der Waals surface area contributed by atoms with Crippen LogP contribution in [-0.2, 0) is 7.05 Å². The lowest BCUT2D eigenvalue weighted by molar-refractivity contribution is 0.0675. The second-order valence-corrected chi connectivity index (χ2v) is 6.37. The lowest BCUT2D eigenvalue weighted by atomic mass is 10.0. The number of carbonyl (C=O) groups excluding carboxylic acids is 1. The summed E-state index contributed by atoms with van der Waals surface area (Å²) in [5, 5.41) is 7.90. The second-order valence-electron chi connectivity index (χ2n) is 6.37. The standard InChI is InChI=1S/C16H28N4O/c1-11(2)20(10-14-8-6-7-9-17-14)16(21)15-12(3)18-19(5)13(15)4/h11,14,17H,6-10H2,1-5H3. The molecule has 0 saturated carbocycles. The van der Waals surface area contributed by atoms with Crippen LogP contribution in [-0.4, -0.2) is 45.8 Å². The molecule has 1 aliphatic heterocycles. The van der Waals surface area contributed by atoms with Gasteiger partial charge in [0.25, 0.3) is 5.91 Å². The molecule has 0 aromatic carbocycles. The normalized spacial score (nSPS) is 19.0. The van der Waals surface area contributed by atoms with E-state index in [0.29, 0.717) is 6.04 Å². The minimum atomic E-state index is 0.112. The van der Waals surface area contributed by atoms with Gasteiger partial charge in [-0.1, -0.05) is 6.42 Å². The molecular formula is C16H28N4O. The van der Waals surface area contributed by atoms with E-state index in [0.717, 1.165) is 36.5 Å². The molecule has 1 amide bonds. The Hall–Kier alpha value is -1.36. The van der Waals surface area contributed by atoms with Gasteiger partial charge in [-0.05, 0) is 47.1 Å². The number of aryl methyl sites for hydroxylation is 2. The van der Waals surface area contributed by atoms with Crippen molar-refractivity contribution in [2.45, 2.75) is 59.0 Å². The van der Waals surface area contributed by atoms with Gasteiger partial charge in [0.15, 0.2) is 0 Å². The van der Waals surface area contributed by atoms with Crippen molar-refractivity contribution in [3.05, 3.63) is 17.0 Å². The summed E-state index contributed by atoms with van der Waals surface area (Å²) in [6.07, 6.45) is 3.65. The number of aromatic nitrogens is 2. The first kappa shape index (κ1) is 16.0. The lowest BCUT2D eigenvalue weighted by Gasteiger charge is -2.33. The van der Waals surface area contributed by atoms with Crippen LogP contribution in [0.3, 0.4) is 0 Å². The van der Waals surface area contributed by atoms with Gasteiger partial charge in [0.2, 0.25) is 0 Å². The molecule has 118 valence electrons. The SMILES string of the molecule is Cc1nn(C)c(C)c1C(=O)N(CC1CCCCN1)C(C)C. The van der Waals surface area contributed by atoms with E-state index < -0.39 is 0 Å². The molecule has 1 aromatic heterocycles. The van der Waals surface area contributed by atoms with Crippen molar-refractivity contribution in [1.82, 2.24) is 20.0 Å². The Morgan fingerprint density at radius 1 is 1.43 bits per heavy atom. The Morgan fingerprint density at radius 3 is 2.62 bits per heavy atom. The molecule has 1 saturated heterocycles. The van der Waals surface area contributed by atoms with Crippen LogP contribution in [0.1, 0.15) is 54.9 Å². The van der Waals surface area contributed by atoms with Crippen molar-refractivity contribution in [2.75, 3.05) is 13.1 Å². The monoisotopic (exact) mass is 292 g/mol. The van der Waals surface area contributed by atoms with Gasteiger partial charge in [0, 0.05) is 31.4 Å². The van der Waals surface area contributed by atoms with Gasteiger partial charge in [-0.25, -0.2) is 0 Å². The Morgan fingerprint density at radius 2 is 2.14 bits per heavy atom. The molecule has 1 aliphatic rings. The number of rotatable bonds is 4. The topological polar surface area (TPSA) is 50.2 Å². The van der Waals surface area contributed by atoms with E-state index in [-0.39, 0.29) is 11.9 Å². The number of hydrogen-bond acceptors (Lipinski definition) is 3. The summed E-state index contributed by atoms with van der Waals surface area (Å²) in [7, 11) is 1.89. The fourth-order valence-corrected chi connectivity index (χ4v) is 3.07. The summed E-state index contributed by atoms with van der Waals surface area (Å²) in [4.78, 5) is 14.9. The number of amides is 1. The maximum Gasteiger partial charge on any atom is 0.257 e. The largest absolute Gasteiger partial charge is 0.335 e. The zero-order chi connectivity index (χ0) is 15.6. The molecule has 1 aromatic rings. The van der Waals surface area contributed by atoms with Crippen LogP contribution < -0.4 is 5.32 Å². The summed E-state index contributed by atoms with van der Waals surface area (Å²) in [6.45, 7) is 9.89. The molecule has 0 radical (unpaired) electrons. The highest BCUT2D eigenvalue weighted by atomic mass is 16.2. The highest BCUT2D eigenvalue weighted by Gasteiger charge is 2.27. The van der Waals surface area contributed by atoms with Crippen molar-refractivity contribution in [3.8, 4) is 0 Å². The quantitative estimate of drug-likeness (QED) is 0.924. The first-order chi connectivity index (χ1) is 9.91. The summed E-state index contributed by atoms with van der Waals surface area (Å²) in [6, 6.07) is 0.614. The van der Waals surface area contributed by atoms with Gasteiger partial charge in [-0.15, -0.1) is 0 Å². The second kappa shape index (κ2) is 6.60. The predicted octanol–water partition coefficient (Wildman–Crippen LogP) is 2.03. The van der Waals surface area contributed by atoms with Crippen molar-refractivity contribution in [2.24, 2.45) is 7.05 Å². The molecule has 0 bridgehead atoms. The third-order valence-corrected chi connectivity index (χ3v) is 4.44. The van der Waals surface area contributed by atoms with E-state index >= 15 is 0 Å². The molecule has 0 spiro atoms. The van der Waals surface area contributed by atoms with E-state index in [1.54, 1.807) is 4.68 Å². The molecule has 2 rings (SSSR count). The fourth-order valence-electron chi connectivity index (χ4n) is 3.07. The molecular weight excluding hydrogens is 264 g/mol. The Labute approximate surface area is 127 Å². The molecule has 1 atom stereocenters. The maximum absolute atomic E-state index is 13.0. The number of hydrogen-bond donors (Lipinski definition) is 1. The Balaban J connectivity index is 2.19. The first-order valence-corrected chi connectivity index (χ1v) is 7.96. The number of piperidine rings is 1. The van der Waals surface area contributed by atoms with Crippen LogP contribution in [0.4, 0.5) is 0 Å². The van der Waals surface area contributed by atoms with Crippen LogP contribution in [0.25, 0.3) is 0 Å². The van der Waals surface area contributed by atoms with Crippen molar-refractivity contribution in [3.63, 3.8) is 0 Å². The zero-order valence-electron chi connectivity index (χ0n) is 13.9. The van der Waals surface area contributed by atoms with Crippen LogP contribution in [0.15, 0.2) is 0 Å². The minimum absolute atomic E-state index is 0.112. The summed E-state index contributed by atoms with van der Waals surface area (Å²) < 4.78 is 1.79. The molecule has 5 nitrogen and oxygen atoms in total.